The van der Waals surface area contributed by atoms with Crippen LogP contribution in [-0.2, 0) is 4.74 Å². The van der Waals surface area contributed by atoms with Crippen molar-refractivity contribution in [2.24, 2.45) is 15.8 Å². The number of allylic oxidation sites excluding steroid dienone is 2. The molecule has 29 heavy (non-hydrogen) atoms. The summed E-state index contributed by atoms with van der Waals surface area (Å²) in [6.07, 6.45) is 7.25. The second-order valence-corrected chi connectivity index (χ2v) is 6.90. The van der Waals surface area contributed by atoms with Crippen LogP contribution >= 0.6 is 0 Å². The van der Waals surface area contributed by atoms with Gasteiger partial charge in [-0.2, -0.15) is 5.26 Å². The average molecular weight is 389 g/mol. The van der Waals surface area contributed by atoms with Crippen molar-refractivity contribution in [2.45, 2.75) is 12.2 Å². The van der Waals surface area contributed by atoms with E-state index in [-0.39, 0.29) is 6.17 Å². The summed E-state index contributed by atoms with van der Waals surface area (Å²) in [4.78, 5) is 11.0. The summed E-state index contributed by atoms with van der Waals surface area (Å²) in [6.45, 7) is 7.40. The van der Waals surface area contributed by atoms with E-state index in [2.05, 4.69) is 44.4 Å². The van der Waals surface area contributed by atoms with Gasteiger partial charge in [-0.05, 0) is 41.0 Å². The largest absolute Gasteiger partial charge is 0.379 e. The number of nitrogens with zero attached hydrogens (tertiary/aromatic N) is 4. The lowest BCUT2D eigenvalue weighted by Gasteiger charge is -2.32. The van der Waals surface area contributed by atoms with Crippen LogP contribution in [0.15, 0.2) is 52.6 Å². The molecule has 1 aromatic carbocycles. The van der Waals surface area contributed by atoms with Gasteiger partial charge in [-0.1, -0.05) is 12.6 Å². The number of anilines is 1. The topological polar surface area (TPSA) is 111 Å². The van der Waals surface area contributed by atoms with Gasteiger partial charge in [0.2, 0.25) is 0 Å². The second-order valence-electron chi connectivity index (χ2n) is 6.90. The molecule has 0 radical (unpaired) electrons. The van der Waals surface area contributed by atoms with Gasteiger partial charge in [0.05, 0.1) is 31.3 Å². The molecule has 3 heterocycles. The molecule has 0 saturated carbocycles. The van der Waals surface area contributed by atoms with E-state index < -0.39 is 6.04 Å². The van der Waals surface area contributed by atoms with Crippen LogP contribution in [0, 0.1) is 11.3 Å². The minimum atomic E-state index is -0.488. The van der Waals surface area contributed by atoms with Crippen LogP contribution in [0.2, 0.25) is 0 Å². The number of hydrazine groups is 1. The molecular formula is C21H23N7O. The summed E-state index contributed by atoms with van der Waals surface area (Å²) in [6, 6.07) is 7.53. The zero-order valence-corrected chi connectivity index (χ0v) is 16.0. The molecule has 148 valence electrons. The SMILES string of the molecule is C=C(C1=CC(N2CCOCC2)N=CN1)c1cc(C2=CC=NC2C#N)ccc1NN. The minimum absolute atomic E-state index is 0.0571. The molecule has 4 N–H and O–H groups in total. The molecule has 0 aliphatic carbocycles. The quantitative estimate of drug-likeness (QED) is 0.520. The van der Waals surface area contributed by atoms with E-state index >= 15 is 0 Å². The van der Waals surface area contributed by atoms with Crippen molar-refractivity contribution in [3.05, 3.63) is 53.8 Å². The maximum Gasteiger partial charge on any atom is 0.162 e. The Morgan fingerprint density at radius 1 is 1.34 bits per heavy atom. The summed E-state index contributed by atoms with van der Waals surface area (Å²) in [5.74, 6) is 5.75. The summed E-state index contributed by atoms with van der Waals surface area (Å²) in [5.41, 5.74) is 7.78. The first-order valence-electron chi connectivity index (χ1n) is 9.46. The fourth-order valence-electron chi connectivity index (χ4n) is 3.64. The molecule has 0 amide bonds. The fourth-order valence-corrected chi connectivity index (χ4v) is 3.64. The van der Waals surface area contributed by atoms with Gasteiger partial charge < -0.3 is 15.5 Å². The van der Waals surface area contributed by atoms with Gasteiger partial charge in [0, 0.05) is 30.6 Å². The Labute approximate surface area is 169 Å². The predicted molar refractivity (Wildman–Crippen MR) is 115 cm³/mol. The van der Waals surface area contributed by atoms with E-state index in [1.807, 2.05) is 24.3 Å². The number of hydrogen-bond donors (Lipinski definition) is 3. The van der Waals surface area contributed by atoms with Gasteiger partial charge in [-0.3, -0.25) is 20.7 Å². The third-order valence-corrected chi connectivity index (χ3v) is 5.25. The van der Waals surface area contributed by atoms with Crippen LogP contribution in [0.4, 0.5) is 5.69 Å². The number of nitriles is 1. The summed E-state index contributed by atoms with van der Waals surface area (Å²) < 4.78 is 5.44. The Balaban J connectivity index is 1.63. The van der Waals surface area contributed by atoms with E-state index in [4.69, 9.17) is 10.6 Å². The van der Waals surface area contributed by atoms with Crippen LogP contribution < -0.4 is 16.6 Å². The third kappa shape index (κ3) is 3.84. The van der Waals surface area contributed by atoms with Crippen LogP contribution in [0.3, 0.4) is 0 Å². The molecule has 1 fully saturated rings. The smallest absolute Gasteiger partial charge is 0.162 e. The highest BCUT2D eigenvalue weighted by molar-refractivity contribution is 5.95. The molecule has 1 saturated heterocycles. The molecule has 0 aromatic heterocycles. The Morgan fingerprint density at radius 2 is 2.17 bits per heavy atom. The normalized spacial score (nSPS) is 23.7. The van der Waals surface area contributed by atoms with Crippen molar-refractivity contribution in [3.8, 4) is 6.07 Å². The van der Waals surface area contributed by atoms with Crippen molar-refractivity contribution in [1.29, 1.82) is 5.26 Å². The highest BCUT2D eigenvalue weighted by Gasteiger charge is 2.23. The van der Waals surface area contributed by atoms with Crippen molar-refractivity contribution in [1.82, 2.24) is 10.2 Å². The maximum absolute atomic E-state index is 9.33. The van der Waals surface area contributed by atoms with Crippen molar-refractivity contribution in [3.63, 3.8) is 0 Å². The lowest BCUT2D eigenvalue weighted by molar-refractivity contribution is 0.0268. The van der Waals surface area contributed by atoms with E-state index in [1.54, 1.807) is 12.6 Å². The monoisotopic (exact) mass is 389 g/mol. The zero-order chi connectivity index (χ0) is 20.2. The van der Waals surface area contributed by atoms with Gasteiger partial charge >= 0.3 is 0 Å². The summed E-state index contributed by atoms with van der Waals surface area (Å²) >= 11 is 0. The molecule has 3 aliphatic rings. The van der Waals surface area contributed by atoms with E-state index in [0.29, 0.717) is 13.2 Å². The number of aliphatic imine (C=N–C) groups is 2. The first-order valence-corrected chi connectivity index (χ1v) is 9.46. The van der Waals surface area contributed by atoms with Gasteiger partial charge in [0.15, 0.2) is 6.04 Å². The molecule has 2 atom stereocenters. The number of nitrogens with one attached hydrogen (secondary N) is 2. The molecule has 1 aromatic rings. The van der Waals surface area contributed by atoms with Gasteiger partial charge in [0.1, 0.15) is 6.17 Å². The lowest BCUT2D eigenvalue weighted by atomic mass is 9.94. The Kier molecular flexibility index (Phi) is 5.53. The standard InChI is InChI=1S/C21H23N7O/c1-14(19-11-21(26-13-25-19)28-6-8-29-9-7-28)17-10-15(2-3-18(17)27-23)16-4-5-24-20(16)12-22/h2-5,10-11,13,20-21,27H,1,6-9,23H2,(H,25,26). The predicted octanol–water partition coefficient (Wildman–Crippen LogP) is 1.52. The molecule has 8 nitrogen and oxygen atoms in total. The minimum Gasteiger partial charge on any atom is -0.379 e. The highest BCUT2D eigenvalue weighted by Crippen LogP contribution is 2.33. The summed E-state index contributed by atoms with van der Waals surface area (Å²) in [7, 11) is 0. The molecule has 2 unspecified atom stereocenters. The number of hydrogen-bond acceptors (Lipinski definition) is 8. The van der Waals surface area contributed by atoms with E-state index in [0.717, 1.165) is 46.7 Å². The second kappa shape index (κ2) is 8.41. The summed E-state index contributed by atoms with van der Waals surface area (Å²) in [5, 5.41) is 12.5. The fraction of sp³-hybridized carbons (Fsp3) is 0.286. The van der Waals surface area contributed by atoms with Crippen molar-refractivity contribution in [2.75, 3.05) is 31.7 Å². The zero-order valence-electron chi connectivity index (χ0n) is 16.0. The number of benzene rings is 1. The lowest BCUT2D eigenvalue weighted by Crippen LogP contribution is -2.43. The van der Waals surface area contributed by atoms with Crippen molar-refractivity contribution >= 4 is 29.4 Å². The molecule has 0 bridgehead atoms. The van der Waals surface area contributed by atoms with Crippen LogP contribution in [-0.4, -0.2) is 56.0 Å². The molecule has 3 aliphatic heterocycles. The third-order valence-electron chi connectivity index (χ3n) is 5.25. The van der Waals surface area contributed by atoms with Gasteiger partial charge in [0.25, 0.3) is 0 Å². The Morgan fingerprint density at radius 3 is 2.93 bits per heavy atom. The molecular weight excluding hydrogens is 366 g/mol. The number of nitrogens with two attached hydrogens (primary N) is 1. The first-order chi connectivity index (χ1) is 14.2. The average Bonchev–Trinajstić information content (AvgIpc) is 3.28. The van der Waals surface area contributed by atoms with E-state index in [9.17, 15) is 5.26 Å². The van der Waals surface area contributed by atoms with Crippen LogP contribution in [0.5, 0.6) is 0 Å². The van der Waals surface area contributed by atoms with E-state index in [1.165, 1.54) is 0 Å². The molecule has 0 spiro atoms. The molecule has 4 rings (SSSR count). The molecule has 8 heteroatoms. The van der Waals surface area contributed by atoms with Crippen LogP contribution in [0.25, 0.3) is 11.1 Å². The Bertz CT molecular complexity index is 964. The maximum atomic E-state index is 9.33. The van der Waals surface area contributed by atoms with Gasteiger partial charge in [-0.25, -0.2) is 0 Å². The number of morpholine rings is 1. The number of nitrogen functional groups attached to an aromatic ring is 1. The van der Waals surface area contributed by atoms with Crippen LogP contribution in [0.1, 0.15) is 11.1 Å². The number of ether oxygens (including phenoxy) is 1. The van der Waals surface area contributed by atoms with Crippen molar-refractivity contribution < 1.29 is 4.74 Å². The number of rotatable bonds is 5. The first kappa shape index (κ1) is 19.1. The highest BCUT2D eigenvalue weighted by atomic mass is 16.5. The Hall–Kier alpha value is -3.25. The van der Waals surface area contributed by atoms with Gasteiger partial charge in [-0.15, -0.1) is 0 Å².